The quantitative estimate of drug-likeness (QED) is 0.440. The number of amides is 2. The molecule has 6 rings (SSSR count). The maximum absolute atomic E-state index is 13.6. The first-order chi connectivity index (χ1) is 18.2. The molecule has 0 saturated carbocycles. The van der Waals surface area contributed by atoms with Gasteiger partial charge in [0.1, 0.15) is 5.56 Å². The number of rotatable bonds is 6. The smallest absolute Gasteiger partial charge is 0.259 e. The molecule has 0 bridgehead atoms. The Balaban J connectivity index is 1.11. The van der Waals surface area contributed by atoms with Crippen LogP contribution in [0.4, 0.5) is 0 Å². The standard InChI is InChI=1S/C28H27N5O4/c34-26(29-17-20-8-9-24-25(16-20)37-19-36-24)21-10-14-32(15-11-21)28(35)23-18-30-33(22-6-2-1-3-7-22)27(23)31-12-4-5-13-31/h1-9,12-13,16,18,21H,10-11,14-15,17,19H2,(H,29,34). The van der Waals surface area contributed by atoms with Crippen molar-refractivity contribution in [1.82, 2.24) is 24.6 Å². The number of piperidine rings is 1. The van der Waals surface area contributed by atoms with E-state index in [0.717, 1.165) is 17.0 Å². The number of ether oxygens (including phenoxy) is 2. The molecular weight excluding hydrogens is 470 g/mol. The third-order valence-corrected chi connectivity index (χ3v) is 6.88. The van der Waals surface area contributed by atoms with Gasteiger partial charge in [-0.25, -0.2) is 4.68 Å². The van der Waals surface area contributed by atoms with Crippen molar-refractivity contribution < 1.29 is 19.1 Å². The Morgan fingerprint density at radius 2 is 1.70 bits per heavy atom. The molecule has 1 saturated heterocycles. The number of para-hydroxylation sites is 1. The molecule has 0 unspecified atom stereocenters. The molecule has 188 valence electrons. The van der Waals surface area contributed by atoms with Gasteiger partial charge in [0.05, 0.1) is 11.9 Å². The zero-order chi connectivity index (χ0) is 25.2. The summed E-state index contributed by atoms with van der Waals surface area (Å²) < 4.78 is 14.4. The van der Waals surface area contributed by atoms with Crippen LogP contribution in [0.15, 0.2) is 79.3 Å². The lowest BCUT2D eigenvalue weighted by atomic mass is 9.95. The van der Waals surface area contributed by atoms with Crippen LogP contribution in [0.2, 0.25) is 0 Å². The second-order valence-corrected chi connectivity index (χ2v) is 9.19. The van der Waals surface area contributed by atoms with Crippen molar-refractivity contribution in [1.29, 1.82) is 0 Å². The van der Waals surface area contributed by atoms with Gasteiger partial charge in [0.2, 0.25) is 12.7 Å². The van der Waals surface area contributed by atoms with Crippen LogP contribution in [0.1, 0.15) is 28.8 Å². The van der Waals surface area contributed by atoms with Gasteiger partial charge in [-0.05, 0) is 54.8 Å². The normalized spacial score (nSPS) is 15.1. The summed E-state index contributed by atoms with van der Waals surface area (Å²) in [6.07, 6.45) is 6.68. The van der Waals surface area contributed by atoms with Crippen LogP contribution in [-0.2, 0) is 11.3 Å². The molecule has 0 atom stereocenters. The van der Waals surface area contributed by atoms with Crippen molar-refractivity contribution in [3.63, 3.8) is 0 Å². The molecule has 0 aliphatic carbocycles. The second-order valence-electron chi connectivity index (χ2n) is 9.19. The molecule has 1 fully saturated rings. The van der Waals surface area contributed by atoms with Crippen molar-refractivity contribution in [3.8, 4) is 23.0 Å². The molecule has 9 nitrogen and oxygen atoms in total. The molecular formula is C28H27N5O4. The van der Waals surface area contributed by atoms with Crippen molar-refractivity contribution in [2.24, 2.45) is 5.92 Å². The van der Waals surface area contributed by atoms with E-state index in [4.69, 9.17) is 9.47 Å². The lowest BCUT2D eigenvalue weighted by Gasteiger charge is -2.31. The molecule has 4 aromatic rings. The number of benzene rings is 2. The minimum absolute atomic E-state index is 0.00898. The summed E-state index contributed by atoms with van der Waals surface area (Å²) in [6, 6.07) is 19.3. The molecule has 2 amide bonds. The van der Waals surface area contributed by atoms with Crippen molar-refractivity contribution >= 4 is 11.8 Å². The number of carbonyl (C=O) groups excluding carboxylic acids is 2. The third kappa shape index (κ3) is 4.55. The summed E-state index contributed by atoms with van der Waals surface area (Å²) in [5.41, 5.74) is 2.37. The van der Waals surface area contributed by atoms with Gasteiger partial charge in [0.25, 0.3) is 5.91 Å². The predicted molar refractivity (Wildman–Crippen MR) is 136 cm³/mol. The number of likely N-dealkylation sites (tertiary alicyclic amines) is 1. The van der Waals surface area contributed by atoms with Gasteiger partial charge in [0, 0.05) is 37.9 Å². The van der Waals surface area contributed by atoms with Gasteiger partial charge < -0.3 is 24.3 Å². The molecule has 2 aliphatic heterocycles. The first kappa shape index (κ1) is 22.9. The van der Waals surface area contributed by atoms with Crippen LogP contribution >= 0.6 is 0 Å². The van der Waals surface area contributed by atoms with E-state index in [0.29, 0.717) is 49.6 Å². The summed E-state index contributed by atoms with van der Waals surface area (Å²) in [7, 11) is 0. The molecule has 2 aromatic carbocycles. The minimum atomic E-state index is -0.131. The van der Waals surface area contributed by atoms with Crippen molar-refractivity contribution in [3.05, 3.63) is 90.4 Å². The first-order valence-electron chi connectivity index (χ1n) is 12.4. The molecule has 0 radical (unpaired) electrons. The minimum Gasteiger partial charge on any atom is -0.454 e. The summed E-state index contributed by atoms with van der Waals surface area (Å²) in [6.45, 7) is 1.68. The van der Waals surface area contributed by atoms with Gasteiger partial charge >= 0.3 is 0 Å². The highest BCUT2D eigenvalue weighted by Gasteiger charge is 2.30. The highest BCUT2D eigenvalue weighted by Crippen LogP contribution is 2.32. The monoisotopic (exact) mass is 497 g/mol. The Morgan fingerprint density at radius 1 is 0.946 bits per heavy atom. The Hall–Kier alpha value is -4.53. The van der Waals surface area contributed by atoms with Crippen LogP contribution in [0, 0.1) is 5.92 Å². The highest BCUT2D eigenvalue weighted by molar-refractivity contribution is 5.97. The lowest BCUT2D eigenvalue weighted by molar-refractivity contribution is -0.126. The van der Waals surface area contributed by atoms with E-state index in [-0.39, 0.29) is 24.5 Å². The average Bonchev–Trinajstić information content (AvgIpc) is 3.72. The fraction of sp³-hybridized carbons (Fsp3) is 0.250. The van der Waals surface area contributed by atoms with Crippen molar-refractivity contribution in [2.75, 3.05) is 19.9 Å². The molecule has 4 heterocycles. The number of carbonyl (C=O) groups is 2. The van der Waals surface area contributed by atoms with Gasteiger partial charge in [-0.1, -0.05) is 24.3 Å². The SMILES string of the molecule is O=C(NCc1ccc2c(c1)OCO2)C1CCN(C(=O)c2cnn(-c3ccccc3)c2-n2cccc2)CC1. The Bertz CT molecular complexity index is 1410. The van der Waals surface area contributed by atoms with E-state index in [2.05, 4.69) is 10.4 Å². The Kier molecular flexibility index (Phi) is 6.10. The fourth-order valence-corrected chi connectivity index (χ4v) is 4.87. The maximum Gasteiger partial charge on any atom is 0.259 e. The second kappa shape index (κ2) is 9.85. The molecule has 2 aromatic heterocycles. The van der Waals surface area contributed by atoms with Crippen molar-refractivity contribution in [2.45, 2.75) is 19.4 Å². The van der Waals surface area contributed by atoms with Crippen LogP contribution in [0.3, 0.4) is 0 Å². The molecule has 37 heavy (non-hydrogen) atoms. The van der Waals surface area contributed by atoms with E-state index >= 15 is 0 Å². The van der Waals surface area contributed by atoms with Gasteiger partial charge in [-0.15, -0.1) is 0 Å². The van der Waals surface area contributed by atoms with E-state index in [1.807, 2.05) is 82.5 Å². The highest BCUT2D eigenvalue weighted by atomic mass is 16.7. The predicted octanol–water partition coefficient (Wildman–Crippen LogP) is 3.56. The summed E-state index contributed by atoms with van der Waals surface area (Å²) in [5.74, 6) is 1.92. The topological polar surface area (TPSA) is 90.6 Å². The fourth-order valence-electron chi connectivity index (χ4n) is 4.87. The van der Waals surface area contributed by atoms with Gasteiger partial charge in [-0.2, -0.15) is 5.10 Å². The van der Waals surface area contributed by atoms with Crippen LogP contribution < -0.4 is 14.8 Å². The van der Waals surface area contributed by atoms with E-state index in [1.165, 1.54) is 0 Å². The number of hydrogen-bond donors (Lipinski definition) is 1. The lowest BCUT2D eigenvalue weighted by Crippen LogP contribution is -2.43. The Labute approximate surface area is 214 Å². The maximum atomic E-state index is 13.6. The molecule has 2 aliphatic rings. The molecule has 1 N–H and O–H groups in total. The summed E-state index contributed by atoms with van der Waals surface area (Å²) in [4.78, 5) is 28.2. The number of nitrogens with zero attached hydrogens (tertiary/aromatic N) is 4. The largest absolute Gasteiger partial charge is 0.454 e. The third-order valence-electron chi connectivity index (χ3n) is 6.88. The van der Waals surface area contributed by atoms with E-state index in [9.17, 15) is 9.59 Å². The first-order valence-corrected chi connectivity index (χ1v) is 12.4. The summed E-state index contributed by atoms with van der Waals surface area (Å²) >= 11 is 0. The van der Waals surface area contributed by atoms with Gasteiger partial charge in [-0.3, -0.25) is 9.59 Å². The van der Waals surface area contributed by atoms with E-state index < -0.39 is 0 Å². The summed E-state index contributed by atoms with van der Waals surface area (Å²) in [5, 5.41) is 7.57. The molecule has 9 heteroatoms. The van der Waals surface area contributed by atoms with Crippen LogP contribution in [-0.4, -0.2) is 50.9 Å². The van der Waals surface area contributed by atoms with Crippen LogP contribution in [0.25, 0.3) is 11.5 Å². The Morgan fingerprint density at radius 3 is 2.49 bits per heavy atom. The van der Waals surface area contributed by atoms with Gasteiger partial charge in [0.15, 0.2) is 17.3 Å². The number of hydrogen-bond acceptors (Lipinski definition) is 5. The molecule has 0 spiro atoms. The zero-order valence-electron chi connectivity index (χ0n) is 20.2. The number of fused-ring (bicyclic) bond motifs is 1. The van der Waals surface area contributed by atoms with Crippen LogP contribution in [0.5, 0.6) is 11.5 Å². The number of nitrogens with one attached hydrogen (secondary N) is 1. The zero-order valence-corrected chi connectivity index (χ0v) is 20.2. The number of aromatic nitrogens is 3. The van der Waals surface area contributed by atoms with E-state index in [1.54, 1.807) is 10.9 Å². The average molecular weight is 498 g/mol.